The second-order valence-corrected chi connectivity index (χ2v) is 6.68. The van der Waals surface area contributed by atoms with Gasteiger partial charge < -0.3 is 10.6 Å². The van der Waals surface area contributed by atoms with E-state index in [9.17, 15) is 4.79 Å². The van der Waals surface area contributed by atoms with Crippen LogP contribution in [0.4, 0.5) is 5.95 Å². The highest BCUT2D eigenvalue weighted by molar-refractivity contribution is 6.99. The predicted octanol–water partition coefficient (Wildman–Crippen LogP) is 2.15. The minimum absolute atomic E-state index is 0.116. The van der Waals surface area contributed by atoms with Crippen LogP contribution in [0.2, 0.25) is 0 Å². The lowest BCUT2D eigenvalue weighted by atomic mass is 10.2. The van der Waals surface area contributed by atoms with E-state index in [0.717, 1.165) is 42.2 Å². The van der Waals surface area contributed by atoms with Crippen molar-refractivity contribution in [1.82, 2.24) is 29.0 Å². The Labute approximate surface area is 154 Å². The largest absolute Gasteiger partial charge is 0.351 e. The second-order valence-electron chi connectivity index (χ2n) is 6.12. The molecule has 0 bridgehead atoms. The first-order valence-electron chi connectivity index (χ1n) is 8.36. The molecule has 4 rings (SSSR count). The van der Waals surface area contributed by atoms with Gasteiger partial charge in [-0.25, -0.2) is 9.97 Å². The molecule has 0 saturated heterocycles. The SMILES string of the molecule is O=C(N[C@H]1CC[C@H](Nc2nccc(-c3ccncc3)n2)C1)c1cnsn1. The second kappa shape index (κ2) is 7.52. The molecule has 26 heavy (non-hydrogen) atoms. The Kier molecular flexibility index (Phi) is 4.78. The van der Waals surface area contributed by atoms with Gasteiger partial charge in [-0.05, 0) is 37.5 Å². The zero-order chi connectivity index (χ0) is 17.8. The van der Waals surface area contributed by atoms with Gasteiger partial charge >= 0.3 is 0 Å². The number of hydrogen-bond donors (Lipinski definition) is 2. The van der Waals surface area contributed by atoms with Crippen molar-refractivity contribution in [3.63, 3.8) is 0 Å². The lowest BCUT2D eigenvalue weighted by Crippen LogP contribution is -2.34. The monoisotopic (exact) mass is 367 g/mol. The van der Waals surface area contributed by atoms with E-state index in [4.69, 9.17) is 0 Å². The number of pyridine rings is 1. The Morgan fingerprint density at radius 2 is 1.96 bits per heavy atom. The van der Waals surface area contributed by atoms with E-state index in [1.54, 1.807) is 18.6 Å². The summed E-state index contributed by atoms with van der Waals surface area (Å²) in [5.41, 5.74) is 2.22. The quantitative estimate of drug-likeness (QED) is 0.712. The Hall–Kier alpha value is -2.94. The summed E-state index contributed by atoms with van der Waals surface area (Å²) in [6.07, 6.45) is 9.40. The third kappa shape index (κ3) is 3.83. The summed E-state index contributed by atoms with van der Waals surface area (Å²) in [4.78, 5) is 25.0. The number of anilines is 1. The maximum Gasteiger partial charge on any atom is 0.272 e. The first-order valence-corrected chi connectivity index (χ1v) is 9.09. The van der Waals surface area contributed by atoms with Gasteiger partial charge in [0.25, 0.3) is 5.91 Å². The fourth-order valence-electron chi connectivity index (χ4n) is 3.06. The summed E-state index contributed by atoms with van der Waals surface area (Å²) in [6.45, 7) is 0. The number of hydrogen-bond acceptors (Lipinski definition) is 8. The first-order chi connectivity index (χ1) is 12.8. The summed E-state index contributed by atoms with van der Waals surface area (Å²) in [5, 5.41) is 6.39. The number of nitrogens with one attached hydrogen (secondary N) is 2. The van der Waals surface area contributed by atoms with Gasteiger partial charge in [0.2, 0.25) is 5.95 Å². The maximum atomic E-state index is 12.1. The van der Waals surface area contributed by atoms with Gasteiger partial charge in [-0.15, -0.1) is 0 Å². The molecular weight excluding hydrogens is 350 g/mol. The van der Waals surface area contributed by atoms with Crippen LogP contribution in [0.25, 0.3) is 11.3 Å². The Balaban J connectivity index is 1.36. The van der Waals surface area contributed by atoms with E-state index < -0.39 is 0 Å². The Bertz CT molecular complexity index is 872. The summed E-state index contributed by atoms with van der Waals surface area (Å²) in [7, 11) is 0. The van der Waals surface area contributed by atoms with Crippen molar-refractivity contribution < 1.29 is 4.79 Å². The van der Waals surface area contributed by atoms with E-state index >= 15 is 0 Å². The fraction of sp³-hybridized carbons (Fsp3) is 0.294. The molecule has 1 aliphatic carbocycles. The maximum absolute atomic E-state index is 12.1. The molecule has 1 saturated carbocycles. The molecule has 132 valence electrons. The fourth-order valence-corrected chi connectivity index (χ4v) is 3.47. The van der Waals surface area contributed by atoms with Crippen LogP contribution in [-0.2, 0) is 0 Å². The summed E-state index contributed by atoms with van der Waals surface area (Å²) >= 11 is 1.03. The van der Waals surface area contributed by atoms with Crippen molar-refractivity contribution in [1.29, 1.82) is 0 Å². The van der Waals surface area contributed by atoms with E-state index in [-0.39, 0.29) is 18.0 Å². The zero-order valence-corrected chi connectivity index (χ0v) is 14.7. The van der Waals surface area contributed by atoms with Crippen LogP contribution in [0, 0.1) is 0 Å². The molecule has 3 heterocycles. The van der Waals surface area contributed by atoms with E-state index in [1.165, 1.54) is 6.20 Å². The van der Waals surface area contributed by atoms with Gasteiger partial charge in [-0.3, -0.25) is 9.78 Å². The molecular formula is C17H17N7OS. The molecule has 0 unspecified atom stereocenters. The van der Waals surface area contributed by atoms with Gasteiger partial charge in [0.05, 0.1) is 23.6 Å². The van der Waals surface area contributed by atoms with Crippen molar-refractivity contribution in [2.45, 2.75) is 31.3 Å². The van der Waals surface area contributed by atoms with Crippen molar-refractivity contribution in [2.24, 2.45) is 0 Å². The number of rotatable bonds is 5. The van der Waals surface area contributed by atoms with E-state index in [0.29, 0.717) is 11.6 Å². The molecule has 0 radical (unpaired) electrons. The molecule has 3 aromatic rings. The Morgan fingerprint density at radius 1 is 1.12 bits per heavy atom. The van der Waals surface area contributed by atoms with Crippen LogP contribution in [-0.4, -0.2) is 41.7 Å². The van der Waals surface area contributed by atoms with Crippen LogP contribution in [0.15, 0.2) is 43.0 Å². The third-order valence-corrected chi connectivity index (χ3v) is 4.80. The zero-order valence-electron chi connectivity index (χ0n) is 13.9. The minimum atomic E-state index is -0.166. The molecule has 2 atom stereocenters. The molecule has 1 amide bonds. The highest BCUT2D eigenvalue weighted by atomic mass is 32.1. The molecule has 0 aliphatic heterocycles. The summed E-state index contributed by atoms with van der Waals surface area (Å²) < 4.78 is 7.82. The van der Waals surface area contributed by atoms with Gasteiger partial charge in [0.1, 0.15) is 0 Å². The molecule has 1 aliphatic rings. The van der Waals surface area contributed by atoms with Crippen LogP contribution in [0.5, 0.6) is 0 Å². The van der Waals surface area contributed by atoms with Crippen LogP contribution >= 0.6 is 11.7 Å². The summed E-state index contributed by atoms with van der Waals surface area (Å²) in [6, 6.07) is 6.05. The summed E-state index contributed by atoms with van der Waals surface area (Å²) in [5.74, 6) is 0.431. The van der Waals surface area contributed by atoms with Gasteiger partial charge in [-0.1, -0.05) is 0 Å². The molecule has 2 N–H and O–H groups in total. The van der Waals surface area contributed by atoms with Crippen molar-refractivity contribution >= 4 is 23.6 Å². The van der Waals surface area contributed by atoms with Crippen molar-refractivity contribution in [3.05, 3.63) is 48.7 Å². The highest BCUT2D eigenvalue weighted by Crippen LogP contribution is 2.23. The predicted molar refractivity (Wildman–Crippen MR) is 97.7 cm³/mol. The number of nitrogens with zero attached hydrogens (tertiary/aromatic N) is 5. The topological polar surface area (TPSA) is 106 Å². The Morgan fingerprint density at radius 3 is 2.77 bits per heavy atom. The number of carbonyl (C=O) groups is 1. The van der Waals surface area contributed by atoms with Crippen LogP contribution in [0.1, 0.15) is 29.8 Å². The first kappa shape index (κ1) is 16.5. The molecule has 8 nitrogen and oxygen atoms in total. The normalized spacial score (nSPS) is 19.2. The van der Waals surface area contributed by atoms with Gasteiger partial charge in [0, 0.05) is 36.2 Å². The van der Waals surface area contributed by atoms with E-state index in [2.05, 4.69) is 34.3 Å². The minimum Gasteiger partial charge on any atom is -0.351 e. The van der Waals surface area contributed by atoms with Crippen molar-refractivity contribution in [3.8, 4) is 11.3 Å². The lowest BCUT2D eigenvalue weighted by molar-refractivity contribution is 0.0933. The number of aromatic nitrogens is 5. The molecule has 3 aromatic heterocycles. The lowest BCUT2D eigenvalue weighted by Gasteiger charge is -2.14. The average molecular weight is 367 g/mol. The van der Waals surface area contributed by atoms with Gasteiger partial charge in [-0.2, -0.15) is 8.75 Å². The van der Waals surface area contributed by atoms with E-state index in [1.807, 2.05) is 18.2 Å². The standard InChI is InChI=1S/C17H17N7OS/c25-16(15-10-20-26-24-15)21-12-1-2-13(9-12)22-17-19-8-5-14(23-17)11-3-6-18-7-4-11/h3-8,10,12-13H,1-2,9H2,(H,21,25)(H,19,22,23)/t12-,13-/m0/s1. The van der Waals surface area contributed by atoms with Crippen LogP contribution in [0.3, 0.4) is 0 Å². The average Bonchev–Trinajstić information content (AvgIpc) is 3.35. The molecule has 1 fully saturated rings. The molecule has 0 spiro atoms. The smallest absolute Gasteiger partial charge is 0.272 e. The molecule has 9 heteroatoms. The highest BCUT2D eigenvalue weighted by Gasteiger charge is 2.27. The number of amides is 1. The van der Waals surface area contributed by atoms with Crippen molar-refractivity contribution in [2.75, 3.05) is 5.32 Å². The van der Waals surface area contributed by atoms with Crippen LogP contribution < -0.4 is 10.6 Å². The molecule has 0 aromatic carbocycles. The third-order valence-electron chi connectivity index (χ3n) is 4.33. The number of carbonyl (C=O) groups excluding carboxylic acids is 1. The van der Waals surface area contributed by atoms with Gasteiger partial charge in [0.15, 0.2) is 5.69 Å².